The van der Waals surface area contributed by atoms with Gasteiger partial charge in [-0.25, -0.2) is 0 Å². The van der Waals surface area contributed by atoms with Crippen LogP contribution in [0.25, 0.3) is 0 Å². The maximum absolute atomic E-state index is 12.6. The van der Waals surface area contributed by atoms with Crippen LogP contribution < -0.4 is 20.1 Å². The zero-order chi connectivity index (χ0) is 23.6. The van der Waals surface area contributed by atoms with Crippen LogP contribution in [0.4, 0.5) is 11.4 Å². The molecule has 1 aliphatic rings. The van der Waals surface area contributed by atoms with Crippen LogP contribution in [0.2, 0.25) is 0 Å². The molecule has 2 amide bonds. The quantitative estimate of drug-likeness (QED) is 0.439. The molecule has 1 saturated heterocycles. The minimum absolute atomic E-state index is 0.0385. The number of para-hydroxylation sites is 1. The highest BCUT2D eigenvalue weighted by Crippen LogP contribution is 2.19. The van der Waals surface area contributed by atoms with Gasteiger partial charge in [0.2, 0.25) is 5.91 Å². The first-order valence-corrected chi connectivity index (χ1v) is 11.5. The smallest absolute Gasteiger partial charge is 0.253 e. The zero-order valence-electron chi connectivity index (χ0n) is 19.0. The topological polar surface area (TPSA) is 79.9 Å². The Morgan fingerprint density at radius 2 is 1.44 bits per heavy atom. The highest BCUT2D eigenvalue weighted by atomic mass is 16.5. The van der Waals surface area contributed by atoms with Gasteiger partial charge in [0.1, 0.15) is 24.7 Å². The standard InChI is InChI=1S/C27H29N3O4/c31-26(20-28-22-9-6-8-21(18-22)27(32)30-14-4-5-15-30)29-23-10-7-13-25(19-23)34-17-16-33-24-11-2-1-3-12-24/h1-3,6-13,18-19,28H,4-5,14-17,20H2,(H,29,31). The molecule has 7 nitrogen and oxygen atoms in total. The van der Waals surface area contributed by atoms with Crippen LogP contribution in [0.3, 0.4) is 0 Å². The number of amides is 2. The lowest BCUT2D eigenvalue weighted by Crippen LogP contribution is -2.27. The van der Waals surface area contributed by atoms with Gasteiger partial charge in [-0.2, -0.15) is 0 Å². The van der Waals surface area contributed by atoms with Crippen LogP contribution in [0.1, 0.15) is 23.2 Å². The molecule has 0 atom stereocenters. The van der Waals surface area contributed by atoms with Gasteiger partial charge in [0, 0.05) is 36.1 Å². The SMILES string of the molecule is O=C(CNc1cccc(C(=O)N2CCCC2)c1)Nc1cccc(OCCOc2ccccc2)c1. The van der Waals surface area contributed by atoms with E-state index in [0.29, 0.717) is 30.2 Å². The van der Waals surface area contributed by atoms with Gasteiger partial charge < -0.3 is 25.0 Å². The van der Waals surface area contributed by atoms with Gasteiger partial charge in [0.25, 0.3) is 5.91 Å². The van der Waals surface area contributed by atoms with Gasteiger partial charge in [0.15, 0.2) is 0 Å². The number of carbonyl (C=O) groups excluding carboxylic acids is 2. The van der Waals surface area contributed by atoms with Gasteiger partial charge in [-0.1, -0.05) is 30.3 Å². The van der Waals surface area contributed by atoms with E-state index in [0.717, 1.165) is 37.4 Å². The number of benzene rings is 3. The molecule has 0 bridgehead atoms. The minimum atomic E-state index is -0.194. The molecule has 2 N–H and O–H groups in total. The van der Waals surface area contributed by atoms with E-state index in [1.807, 2.05) is 65.6 Å². The van der Waals surface area contributed by atoms with Gasteiger partial charge in [-0.15, -0.1) is 0 Å². The van der Waals surface area contributed by atoms with Gasteiger partial charge >= 0.3 is 0 Å². The van der Waals surface area contributed by atoms with Crippen molar-refractivity contribution in [1.82, 2.24) is 4.90 Å². The molecule has 7 heteroatoms. The van der Waals surface area contributed by atoms with E-state index in [-0.39, 0.29) is 18.4 Å². The van der Waals surface area contributed by atoms with Crippen molar-refractivity contribution < 1.29 is 19.1 Å². The zero-order valence-corrected chi connectivity index (χ0v) is 19.0. The van der Waals surface area contributed by atoms with E-state index in [4.69, 9.17) is 9.47 Å². The number of rotatable bonds is 10. The Balaban J connectivity index is 1.22. The Morgan fingerprint density at radius 1 is 0.765 bits per heavy atom. The first-order valence-electron chi connectivity index (χ1n) is 11.5. The van der Waals surface area contributed by atoms with E-state index < -0.39 is 0 Å². The summed E-state index contributed by atoms with van der Waals surface area (Å²) in [5.41, 5.74) is 2.01. The maximum atomic E-state index is 12.6. The molecule has 0 unspecified atom stereocenters. The molecule has 1 fully saturated rings. The molecule has 0 saturated carbocycles. The third kappa shape index (κ3) is 6.75. The predicted octanol–water partition coefficient (Wildman–Crippen LogP) is 4.43. The van der Waals surface area contributed by atoms with Crippen molar-refractivity contribution in [2.24, 2.45) is 0 Å². The molecule has 176 valence electrons. The van der Waals surface area contributed by atoms with Gasteiger partial charge in [0.05, 0.1) is 6.54 Å². The van der Waals surface area contributed by atoms with Crippen LogP contribution in [0.5, 0.6) is 11.5 Å². The first-order chi connectivity index (χ1) is 16.7. The minimum Gasteiger partial charge on any atom is -0.490 e. The molecule has 1 heterocycles. The summed E-state index contributed by atoms with van der Waals surface area (Å²) in [6, 6.07) is 24.1. The Kier molecular flexibility index (Phi) is 8.00. The Morgan fingerprint density at radius 3 is 2.24 bits per heavy atom. The lowest BCUT2D eigenvalue weighted by Gasteiger charge is -2.16. The molecule has 4 rings (SSSR count). The summed E-state index contributed by atoms with van der Waals surface area (Å²) in [4.78, 5) is 26.9. The highest BCUT2D eigenvalue weighted by Gasteiger charge is 2.19. The average Bonchev–Trinajstić information content (AvgIpc) is 3.41. The molecule has 0 radical (unpaired) electrons. The normalized spacial score (nSPS) is 12.8. The van der Waals surface area contributed by atoms with E-state index in [9.17, 15) is 9.59 Å². The number of likely N-dealkylation sites (tertiary alicyclic amines) is 1. The second-order valence-electron chi connectivity index (χ2n) is 8.02. The fourth-order valence-corrected chi connectivity index (χ4v) is 3.75. The summed E-state index contributed by atoms with van der Waals surface area (Å²) in [7, 11) is 0. The lowest BCUT2D eigenvalue weighted by molar-refractivity contribution is -0.114. The molecule has 0 aliphatic carbocycles. The van der Waals surface area contributed by atoms with E-state index >= 15 is 0 Å². The second-order valence-corrected chi connectivity index (χ2v) is 8.02. The van der Waals surface area contributed by atoms with Crippen LogP contribution in [-0.4, -0.2) is 49.6 Å². The molecule has 34 heavy (non-hydrogen) atoms. The summed E-state index contributed by atoms with van der Waals surface area (Å²) in [5.74, 6) is 1.29. The lowest BCUT2D eigenvalue weighted by atomic mass is 10.1. The summed E-state index contributed by atoms with van der Waals surface area (Å²) in [6.45, 7) is 2.50. The average molecular weight is 460 g/mol. The molecule has 0 aromatic heterocycles. The van der Waals surface area contributed by atoms with Gasteiger partial charge in [-0.05, 0) is 55.3 Å². The third-order valence-corrected chi connectivity index (χ3v) is 5.44. The first kappa shape index (κ1) is 23.2. The van der Waals surface area contributed by atoms with E-state index in [1.165, 1.54) is 0 Å². The number of nitrogens with zero attached hydrogens (tertiary/aromatic N) is 1. The Bertz CT molecular complexity index is 1100. The van der Waals surface area contributed by atoms with E-state index in [2.05, 4.69) is 10.6 Å². The van der Waals surface area contributed by atoms with Crippen molar-refractivity contribution >= 4 is 23.2 Å². The van der Waals surface area contributed by atoms with Crippen molar-refractivity contribution in [3.63, 3.8) is 0 Å². The molecular weight excluding hydrogens is 430 g/mol. The summed E-state index contributed by atoms with van der Waals surface area (Å²) in [5, 5.41) is 5.96. The van der Waals surface area contributed by atoms with E-state index in [1.54, 1.807) is 18.2 Å². The summed E-state index contributed by atoms with van der Waals surface area (Å²) in [6.07, 6.45) is 2.11. The van der Waals surface area contributed by atoms with Crippen LogP contribution >= 0.6 is 0 Å². The molecule has 3 aromatic carbocycles. The summed E-state index contributed by atoms with van der Waals surface area (Å²) < 4.78 is 11.4. The monoisotopic (exact) mass is 459 g/mol. The van der Waals surface area contributed by atoms with Crippen molar-refractivity contribution in [3.05, 3.63) is 84.4 Å². The molecule has 1 aliphatic heterocycles. The maximum Gasteiger partial charge on any atom is 0.253 e. The summed E-state index contributed by atoms with van der Waals surface area (Å²) >= 11 is 0. The van der Waals surface area contributed by atoms with Crippen LogP contribution in [0, 0.1) is 0 Å². The number of anilines is 2. The van der Waals surface area contributed by atoms with Crippen molar-refractivity contribution in [2.45, 2.75) is 12.8 Å². The van der Waals surface area contributed by atoms with Crippen molar-refractivity contribution in [3.8, 4) is 11.5 Å². The van der Waals surface area contributed by atoms with Gasteiger partial charge in [-0.3, -0.25) is 9.59 Å². The number of ether oxygens (including phenoxy) is 2. The number of nitrogens with one attached hydrogen (secondary N) is 2. The fraction of sp³-hybridized carbons (Fsp3) is 0.259. The van der Waals surface area contributed by atoms with Crippen LogP contribution in [-0.2, 0) is 4.79 Å². The highest BCUT2D eigenvalue weighted by molar-refractivity contribution is 5.96. The molecule has 0 spiro atoms. The Labute approximate surface area is 199 Å². The Hall–Kier alpha value is -4.00. The second kappa shape index (κ2) is 11.7. The van der Waals surface area contributed by atoms with Crippen molar-refractivity contribution in [2.75, 3.05) is 43.5 Å². The molecule has 3 aromatic rings. The largest absolute Gasteiger partial charge is 0.490 e. The van der Waals surface area contributed by atoms with Crippen molar-refractivity contribution in [1.29, 1.82) is 0 Å². The fourth-order valence-electron chi connectivity index (χ4n) is 3.75. The predicted molar refractivity (Wildman–Crippen MR) is 133 cm³/mol. The third-order valence-electron chi connectivity index (χ3n) is 5.44. The van der Waals surface area contributed by atoms with Crippen LogP contribution in [0.15, 0.2) is 78.9 Å². The number of carbonyl (C=O) groups is 2. The number of hydrogen-bond acceptors (Lipinski definition) is 5. The number of hydrogen-bond donors (Lipinski definition) is 2. The molecular formula is C27H29N3O4.